The maximum absolute atomic E-state index is 13.0. The second-order valence-corrected chi connectivity index (χ2v) is 4.76. The number of carbonyl (C=O) groups is 1. The molecule has 2 atom stereocenters. The van der Waals surface area contributed by atoms with Gasteiger partial charge in [0.1, 0.15) is 0 Å². The monoisotopic (exact) mass is 254 g/mol. The van der Waals surface area contributed by atoms with E-state index in [-0.39, 0.29) is 24.4 Å². The molecule has 1 amide bonds. The Hall–Kier alpha value is -1.49. The van der Waals surface area contributed by atoms with Gasteiger partial charge in [0.2, 0.25) is 5.91 Å². The van der Waals surface area contributed by atoms with Gasteiger partial charge in [-0.25, -0.2) is 8.78 Å². The molecule has 0 radical (unpaired) electrons. The molecule has 1 aromatic carbocycles. The Kier molecular flexibility index (Phi) is 3.91. The largest absolute Gasteiger partial charge is 0.353 e. The van der Waals surface area contributed by atoms with Crippen molar-refractivity contribution >= 4 is 5.91 Å². The fourth-order valence-corrected chi connectivity index (χ4v) is 2.26. The second kappa shape index (κ2) is 5.44. The van der Waals surface area contributed by atoms with Crippen molar-refractivity contribution in [1.29, 1.82) is 0 Å². The summed E-state index contributed by atoms with van der Waals surface area (Å²) in [5.74, 6) is -2.01. The first-order valence-electron chi connectivity index (χ1n) is 6.03. The first-order valence-corrected chi connectivity index (χ1v) is 6.03. The maximum Gasteiger partial charge on any atom is 0.224 e. The molecule has 98 valence electrons. The van der Waals surface area contributed by atoms with Crippen LogP contribution in [0.5, 0.6) is 0 Å². The van der Waals surface area contributed by atoms with E-state index in [1.54, 1.807) is 0 Å². The van der Waals surface area contributed by atoms with E-state index < -0.39 is 11.6 Å². The molecule has 1 aliphatic carbocycles. The second-order valence-electron chi connectivity index (χ2n) is 4.76. The normalized spacial score (nSPS) is 23.1. The first-order chi connectivity index (χ1) is 8.54. The number of amides is 1. The minimum absolute atomic E-state index is 0.0585. The highest BCUT2D eigenvalue weighted by molar-refractivity contribution is 5.78. The molecule has 1 saturated carbocycles. The molecular formula is C13H16F2N2O. The zero-order valence-electron chi connectivity index (χ0n) is 9.96. The Balaban J connectivity index is 1.89. The van der Waals surface area contributed by atoms with Crippen LogP contribution in [0, 0.1) is 11.6 Å². The molecule has 2 unspecified atom stereocenters. The van der Waals surface area contributed by atoms with Gasteiger partial charge in [-0.15, -0.1) is 0 Å². The molecule has 1 aromatic rings. The molecule has 0 aliphatic heterocycles. The van der Waals surface area contributed by atoms with Gasteiger partial charge in [-0.05, 0) is 37.0 Å². The van der Waals surface area contributed by atoms with Gasteiger partial charge in [-0.3, -0.25) is 4.79 Å². The number of nitrogens with one attached hydrogen (secondary N) is 1. The van der Waals surface area contributed by atoms with Gasteiger partial charge in [0.25, 0.3) is 0 Å². The lowest BCUT2D eigenvalue weighted by atomic mass is 10.1. The highest BCUT2D eigenvalue weighted by Gasteiger charge is 2.23. The molecule has 0 heterocycles. The predicted molar refractivity (Wildman–Crippen MR) is 63.8 cm³/mol. The SMILES string of the molecule is NC1CCC(NC(=O)Cc2ccc(F)c(F)c2)C1. The number of nitrogens with two attached hydrogens (primary N) is 1. The highest BCUT2D eigenvalue weighted by atomic mass is 19.2. The minimum Gasteiger partial charge on any atom is -0.353 e. The molecule has 0 saturated heterocycles. The van der Waals surface area contributed by atoms with Crippen molar-refractivity contribution < 1.29 is 13.6 Å². The van der Waals surface area contributed by atoms with E-state index >= 15 is 0 Å². The van der Waals surface area contributed by atoms with Gasteiger partial charge in [0.05, 0.1) is 6.42 Å². The lowest BCUT2D eigenvalue weighted by Crippen LogP contribution is -2.35. The van der Waals surface area contributed by atoms with Crippen LogP contribution in [0.25, 0.3) is 0 Å². The average molecular weight is 254 g/mol. The molecule has 18 heavy (non-hydrogen) atoms. The lowest BCUT2D eigenvalue weighted by molar-refractivity contribution is -0.121. The minimum atomic E-state index is -0.928. The van der Waals surface area contributed by atoms with Crippen molar-refractivity contribution in [3.8, 4) is 0 Å². The summed E-state index contributed by atoms with van der Waals surface area (Å²) in [7, 11) is 0. The lowest BCUT2D eigenvalue weighted by Gasteiger charge is -2.12. The van der Waals surface area contributed by atoms with Crippen LogP contribution in [0.3, 0.4) is 0 Å². The smallest absolute Gasteiger partial charge is 0.224 e. The fourth-order valence-electron chi connectivity index (χ4n) is 2.26. The fraction of sp³-hybridized carbons (Fsp3) is 0.462. The van der Waals surface area contributed by atoms with Crippen molar-refractivity contribution in [3.05, 3.63) is 35.4 Å². The van der Waals surface area contributed by atoms with Gasteiger partial charge < -0.3 is 11.1 Å². The third-order valence-electron chi connectivity index (χ3n) is 3.19. The summed E-state index contributed by atoms with van der Waals surface area (Å²) < 4.78 is 25.7. The summed E-state index contributed by atoms with van der Waals surface area (Å²) in [4.78, 5) is 11.7. The van der Waals surface area contributed by atoms with E-state index in [4.69, 9.17) is 5.73 Å². The molecule has 3 nitrogen and oxygen atoms in total. The Labute approximate surface area is 104 Å². The van der Waals surface area contributed by atoms with Crippen molar-refractivity contribution in [3.63, 3.8) is 0 Å². The molecule has 2 rings (SSSR count). The van der Waals surface area contributed by atoms with Crippen LogP contribution in [0.2, 0.25) is 0 Å². The average Bonchev–Trinajstić information content (AvgIpc) is 2.69. The van der Waals surface area contributed by atoms with Crippen molar-refractivity contribution in [2.24, 2.45) is 5.73 Å². The van der Waals surface area contributed by atoms with Gasteiger partial charge >= 0.3 is 0 Å². The summed E-state index contributed by atoms with van der Waals surface area (Å²) in [5, 5.41) is 2.86. The predicted octanol–water partition coefficient (Wildman–Crippen LogP) is 1.50. The molecule has 3 N–H and O–H groups in total. The Morgan fingerprint density at radius 2 is 2.11 bits per heavy atom. The summed E-state index contributed by atoms with van der Waals surface area (Å²) in [6.07, 6.45) is 2.63. The van der Waals surface area contributed by atoms with Crippen LogP contribution in [-0.2, 0) is 11.2 Å². The van der Waals surface area contributed by atoms with Gasteiger partial charge in [0, 0.05) is 12.1 Å². The molecule has 0 bridgehead atoms. The summed E-state index contributed by atoms with van der Waals surface area (Å²) in [5.41, 5.74) is 6.21. The van der Waals surface area contributed by atoms with E-state index in [9.17, 15) is 13.6 Å². The van der Waals surface area contributed by atoms with E-state index in [2.05, 4.69) is 5.32 Å². The van der Waals surface area contributed by atoms with Gasteiger partial charge in [0.15, 0.2) is 11.6 Å². The number of halogens is 2. The van der Waals surface area contributed by atoms with Crippen LogP contribution in [0.15, 0.2) is 18.2 Å². The molecule has 0 aromatic heterocycles. The third-order valence-corrected chi connectivity index (χ3v) is 3.19. The van der Waals surface area contributed by atoms with Gasteiger partial charge in [-0.1, -0.05) is 6.07 Å². The van der Waals surface area contributed by atoms with Gasteiger partial charge in [-0.2, -0.15) is 0 Å². The molecular weight excluding hydrogens is 238 g/mol. The van der Waals surface area contributed by atoms with Crippen molar-refractivity contribution in [1.82, 2.24) is 5.32 Å². The Morgan fingerprint density at radius 3 is 2.72 bits per heavy atom. The van der Waals surface area contributed by atoms with Crippen LogP contribution < -0.4 is 11.1 Å². The number of hydrogen-bond donors (Lipinski definition) is 2. The highest BCUT2D eigenvalue weighted by Crippen LogP contribution is 2.17. The number of hydrogen-bond acceptors (Lipinski definition) is 2. The zero-order chi connectivity index (χ0) is 13.1. The summed E-state index contributed by atoms with van der Waals surface area (Å²) >= 11 is 0. The van der Waals surface area contributed by atoms with Crippen LogP contribution in [0.4, 0.5) is 8.78 Å². The molecule has 1 fully saturated rings. The number of benzene rings is 1. The summed E-state index contributed by atoms with van der Waals surface area (Å²) in [6, 6.07) is 3.76. The van der Waals surface area contributed by atoms with E-state index in [1.165, 1.54) is 6.07 Å². The quantitative estimate of drug-likeness (QED) is 0.859. The van der Waals surface area contributed by atoms with Crippen LogP contribution in [-0.4, -0.2) is 18.0 Å². The first kappa shape index (κ1) is 13.0. The third kappa shape index (κ3) is 3.26. The maximum atomic E-state index is 13.0. The standard InChI is InChI=1S/C13H16F2N2O/c14-11-4-1-8(5-12(11)15)6-13(18)17-10-3-2-9(16)7-10/h1,4-5,9-10H,2-3,6-7,16H2,(H,17,18). The Bertz CT molecular complexity index is 451. The summed E-state index contributed by atoms with van der Waals surface area (Å²) in [6.45, 7) is 0. The van der Waals surface area contributed by atoms with Crippen LogP contribution in [0.1, 0.15) is 24.8 Å². The van der Waals surface area contributed by atoms with E-state index in [0.717, 1.165) is 31.4 Å². The Morgan fingerprint density at radius 1 is 1.33 bits per heavy atom. The molecule has 0 spiro atoms. The number of rotatable bonds is 3. The molecule has 5 heteroatoms. The van der Waals surface area contributed by atoms with Crippen molar-refractivity contribution in [2.45, 2.75) is 37.8 Å². The number of carbonyl (C=O) groups excluding carboxylic acids is 1. The zero-order valence-corrected chi connectivity index (χ0v) is 9.96. The van der Waals surface area contributed by atoms with E-state index in [1.807, 2.05) is 0 Å². The van der Waals surface area contributed by atoms with Crippen molar-refractivity contribution in [2.75, 3.05) is 0 Å². The topological polar surface area (TPSA) is 55.1 Å². The van der Waals surface area contributed by atoms with E-state index in [0.29, 0.717) is 5.56 Å². The van der Waals surface area contributed by atoms with Crippen LogP contribution >= 0.6 is 0 Å². The molecule has 1 aliphatic rings.